The van der Waals surface area contributed by atoms with E-state index in [9.17, 15) is 14.4 Å². The predicted octanol–water partition coefficient (Wildman–Crippen LogP) is 0.167. The third-order valence-corrected chi connectivity index (χ3v) is 3.35. The van der Waals surface area contributed by atoms with Gasteiger partial charge in [0, 0.05) is 18.5 Å². The molecule has 0 fully saturated rings. The van der Waals surface area contributed by atoms with Gasteiger partial charge in [0.05, 0.1) is 11.3 Å². The minimum atomic E-state index is -0.660. The molecule has 25 heavy (non-hydrogen) atoms. The molecule has 126 valence electrons. The molecule has 9 nitrogen and oxygen atoms in total. The lowest BCUT2D eigenvalue weighted by Gasteiger charge is -2.10. The number of carbonyl (C=O) groups excluding carboxylic acids is 2. The van der Waals surface area contributed by atoms with E-state index >= 15 is 0 Å². The van der Waals surface area contributed by atoms with Gasteiger partial charge < -0.3 is 11.1 Å². The number of rotatable bonds is 5. The van der Waals surface area contributed by atoms with Crippen LogP contribution in [0.1, 0.15) is 10.4 Å². The van der Waals surface area contributed by atoms with Crippen molar-refractivity contribution in [3.63, 3.8) is 0 Å². The van der Waals surface area contributed by atoms with E-state index in [4.69, 9.17) is 5.73 Å². The van der Waals surface area contributed by atoms with Gasteiger partial charge in [-0.25, -0.2) is 9.36 Å². The number of anilines is 1. The molecular formula is C16H14N6O3. The van der Waals surface area contributed by atoms with E-state index in [1.807, 2.05) is 0 Å². The summed E-state index contributed by atoms with van der Waals surface area (Å²) in [5, 5.41) is 10.7. The third-order valence-electron chi connectivity index (χ3n) is 3.35. The molecule has 0 unspecified atom stereocenters. The topological polar surface area (TPSA) is 125 Å². The Morgan fingerprint density at radius 2 is 1.92 bits per heavy atom. The number of hydrogen-bond donors (Lipinski definition) is 2. The first-order chi connectivity index (χ1) is 12.0. The highest BCUT2D eigenvalue weighted by molar-refractivity contribution is 6.02. The van der Waals surface area contributed by atoms with Gasteiger partial charge in [-0.1, -0.05) is 12.1 Å². The quantitative estimate of drug-likeness (QED) is 0.686. The summed E-state index contributed by atoms with van der Waals surface area (Å²) in [5.41, 5.74) is 5.29. The van der Waals surface area contributed by atoms with Gasteiger partial charge >= 0.3 is 0 Å². The minimum absolute atomic E-state index is 0.182. The van der Waals surface area contributed by atoms with Crippen LogP contribution in [0.5, 0.6) is 0 Å². The molecule has 2 amide bonds. The molecule has 0 aliphatic carbocycles. The second-order valence-electron chi connectivity index (χ2n) is 5.10. The van der Waals surface area contributed by atoms with Gasteiger partial charge in [-0.15, -0.1) is 5.10 Å². The van der Waals surface area contributed by atoms with E-state index in [0.29, 0.717) is 5.82 Å². The fourth-order valence-electron chi connectivity index (χ4n) is 2.21. The van der Waals surface area contributed by atoms with Gasteiger partial charge in [0.25, 0.3) is 11.5 Å². The van der Waals surface area contributed by atoms with Crippen molar-refractivity contribution in [2.75, 3.05) is 5.32 Å². The lowest BCUT2D eigenvalue weighted by Crippen LogP contribution is -2.30. The number of amides is 2. The van der Waals surface area contributed by atoms with Crippen LogP contribution in [0.15, 0.2) is 59.7 Å². The van der Waals surface area contributed by atoms with E-state index in [-0.39, 0.29) is 17.8 Å². The van der Waals surface area contributed by atoms with Gasteiger partial charge in [0.2, 0.25) is 5.91 Å². The van der Waals surface area contributed by atoms with E-state index in [2.05, 4.69) is 15.5 Å². The van der Waals surface area contributed by atoms with E-state index in [0.717, 1.165) is 4.68 Å². The fraction of sp³-hybridized carbons (Fsp3) is 0.0625. The first kappa shape index (κ1) is 16.1. The molecule has 0 aliphatic rings. The molecule has 2 aromatic heterocycles. The molecule has 0 radical (unpaired) electrons. The number of nitrogens with one attached hydrogen (secondary N) is 1. The van der Waals surface area contributed by atoms with Crippen molar-refractivity contribution in [1.29, 1.82) is 0 Å². The van der Waals surface area contributed by atoms with Crippen molar-refractivity contribution in [2.24, 2.45) is 5.73 Å². The molecule has 0 atom stereocenters. The summed E-state index contributed by atoms with van der Waals surface area (Å²) in [5.74, 6) is -0.775. The van der Waals surface area contributed by atoms with Gasteiger partial charge in [0.1, 0.15) is 6.54 Å². The van der Waals surface area contributed by atoms with Crippen LogP contribution in [0.3, 0.4) is 0 Å². The number of para-hydroxylation sites is 1. The molecule has 9 heteroatoms. The normalized spacial score (nSPS) is 10.4. The van der Waals surface area contributed by atoms with Gasteiger partial charge in [-0.05, 0) is 24.3 Å². The van der Waals surface area contributed by atoms with Crippen molar-refractivity contribution in [1.82, 2.24) is 19.6 Å². The first-order valence-electron chi connectivity index (χ1n) is 7.31. The molecule has 0 saturated heterocycles. The number of aromatic nitrogens is 4. The maximum absolute atomic E-state index is 12.2. The molecule has 0 saturated carbocycles. The van der Waals surface area contributed by atoms with Crippen molar-refractivity contribution < 1.29 is 9.59 Å². The zero-order valence-corrected chi connectivity index (χ0v) is 13.0. The van der Waals surface area contributed by atoms with E-state index in [1.165, 1.54) is 22.9 Å². The fourth-order valence-corrected chi connectivity index (χ4v) is 2.21. The van der Waals surface area contributed by atoms with Crippen LogP contribution in [0, 0.1) is 0 Å². The highest BCUT2D eigenvalue weighted by Gasteiger charge is 2.12. The van der Waals surface area contributed by atoms with Crippen LogP contribution in [0.4, 0.5) is 5.69 Å². The highest BCUT2D eigenvalue weighted by atomic mass is 16.2. The Hall–Kier alpha value is -3.75. The lowest BCUT2D eigenvalue weighted by atomic mass is 10.1. The van der Waals surface area contributed by atoms with Crippen LogP contribution in [0.2, 0.25) is 0 Å². The Bertz CT molecular complexity index is 978. The van der Waals surface area contributed by atoms with Crippen molar-refractivity contribution >= 4 is 17.5 Å². The highest BCUT2D eigenvalue weighted by Crippen LogP contribution is 2.14. The Balaban J connectivity index is 1.81. The molecule has 1 aromatic carbocycles. The van der Waals surface area contributed by atoms with Gasteiger partial charge in [-0.2, -0.15) is 5.10 Å². The zero-order valence-electron chi connectivity index (χ0n) is 13.0. The molecule has 0 aliphatic heterocycles. The van der Waals surface area contributed by atoms with Crippen LogP contribution in [-0.4, -0.2) is 31.4 Å². The van der Waals surface area contributed by atoms with E-state index in [1.54, 1.807) is 36.7 Å². The summed E-state index contributed by atoms with van der Waals surface area (Å²) in [6, 6.07) is 10.9. The number of hydrogen-bond acceptors (Lipinski definition) is 5. The summed E-state index contributed by atoms with van der Waals surface area (Å²) in [4.78, 5) is 35.5. The number of carbonyl (C=O) groups is 2. The lowest BCUT2D eigenvalue weighted by molar-refractivity contribution is -0.117. The average Bonchev–Trinajstić information content (AvgIpc) is 3.11. The third kappa shape index (κ3) is 3.61. The summed E-state index contributed by atoms with van der Waals surface area (Å²) in [7, 11) is 0. The number of benzene rings is 1. The largest absolute Gasteiger partial charge is 0.366 e. The first-order valence-corrected chi connectivity index (χ1v) is 7.31. The maximum atomic E-state index is 12.2. The summed E-state index contributed by atoms with van der Waals surface area (Å²) in [6.45, 7) is -0.318. The second-order valence-corrected chi connectivity index (χ2v) is 5.10. The number of primary amides is 1. The monoisotopic (exact) mass is 338 g/mol. The Kier molecular flexibility index (Phi) is 4.38. The molecule has 2 heterocycles. The summed E-state index contributed by atoms with van der Waals surface area (Å²) < 4.78 is 2.48. The van der Waals surface area contributed by atoms with Crippen LogP contribution in [0.25, 0.3) is 5.82 Å². The predicted molar refractivity (Wildman–Crippen MR) is 89.2 cm³/mol. The van der Waals surface area contributed by atoms with Crippen LogP contribution >= 0.6 is 0 Å². The molecule has 3 N–H and O–H groups in total. The summed E-state index contributed by atoms with van der Waals surface area (Å²) in [6.07, 6.45) is 3.24. The van der Waals surface area contributed by atoms with Gasteiger partial charge in [-0.3, -0.25) is 14.4 Å². The Morgan fingerprint density at radius 1 is 1.12 bits per heavy atom. The van der Waals surface area contributed by atoms with Crippen LogP contribution < -0.4 is 16.6 Å². The smallest absolute Gasteiger partial charge is 0.267 e. The molecule has 3 aromatic rings. The van der Waals surface area contributed by atoms with Crippen LogP contribution in [-0.2, 0) is 11.3 Å². The van der Waals surface area contributed by atoms with Crippen molar-refractivity contribution in [3.05, 3.63) is 70.8 Å². The maximum Gasteiger partial charge on any atom is 0.267 e. The standard InChI is InChI=1S/C16H14N6O3/c17-16(25)11-4-1-2-5-12(11)19-14(23)10-22-15(24)7-6-13(20-22)21-9-3-8-18-21/h1-9H,10H2,(H2,17,25)(H,19,23). The zero-order chi connectivity index (χ0) is 17.8. The molecule has 3 rings (SSSR count). The molecule has 0 bridgehead atoms. The SMILES string of the molecule is NC(=O)c1ccccc1NC(=O)Cn1nc(-n2cccn2)ccc1=O. The molecular weight excluding hydrogens is 324 g/mol. The van der Waals surface area contributed by atoms with Crippen molar-refractivity contribution in [3.8, 4) is 5.82 Å². The minimum Gasteiger partial charge on any atom is -0.366 e. The van der Waals surface area contributed by atoms with Crippen molar-refractivity contribution in [2.45, 2.75) is 6.54 Å². The molecule has 0 spiro atoms. The van der Waals surface area contributed by atoms with E-state index < -0.39 is 17.4 Å². The number of nitrogens with zero attached hydrogens (tertiary/aromatic N) is 4. The average molecular weight is 338 g/mol. The Labute approximate surface area is 141 Å². The second kappa shape index (κ2) is 6.79. The van der Waals surface area contributed by atoms with Gasteiger partial charge in [0.15, 0.2) is 5.82 Å². The number of nitrogens with two attached hydrogens (primary N) is 1. The summed E-state index contributed by atoms with van der Waals surface area (Å²) >= 11 is 0. The Morgan fingerprint density at radius 3 is 2.64 bits per heavy atom.